The van der Waals surface area contributed by atoms with Crippen molar-refractivity contribution >= 4 is 27.5 Å². The lowest BCUT2D eigenvalue weighted by molar-refractivity contribution is 0.102. The van der Waals surface area contributed by atoms with E-state index in [-0.39, 0.29) is 5.91 Å². The molecule has 1 aromatic carbocycles. The Morgan fingerprint density at radius 2 is 2.15 bits per heavy atom. The summed E-state index contributed by atoms with van der Waals surface area (Å²) in [7, 11) is 0. The lowest BCUT2D eigenvalue weighted by Crippen LogP contribution is -2.11. The van der Waals surface area contributed by atoms with Crippen LogP contribution in [0.2, 0.25) is 0 Å². The largest absolute Gasteiger partial charge is 0.318 e. The van der Waals surface area contributed by atoms with Crippen molar-refractivity contribution in [2.75, 3.05) is 5.32 Å². The number of anilines is 1. The Morgan fingerprint density at radius 3 is 2.90 bits per heavy atom. The van der Waals surface area contributed by atoms with Crippen molar-refractivity contribution in [1.82, 2.24) is 20.0 Å². The van der Waals surface area contributed by atoms with Gasteiger partial charge in [-0.1, -0.05) is 12.1 Å². The van der Waals surface area contributed by atoms with Gasteiger partial charge in [-0.2, -0.15) is 10.2 Å². The molecule has 7 heteroatoms. The number of hydrogen-bond donors (Lipinski definition) is 2. The van der Waals surface area contributed by atoms with Gasteiger partial charge in [0.05, 0.1) is 23.8 Å². The van der Waals surface area contributed by atoms with E-state index in [2.05, 4.69) is 36.5 Å². The number of aromatic nitrogens is 4. The molecule has 0 spiro atoms. The number of halogens is 1. The lowest BCUT2D eigenvalue weighted by Gasteiger charge is -2.03. The SMILES string of the molecule is O=C(Nc1cnn(-c2ccccc2Br)c1)c1ccn[nH]1. The van der Waals surface area contributed by atoms with Gasteiger partial charge in [-0.05, 0) is 34.1 Å². The van der Waals surface area contributed by atoms with Crippen molar-refractivity contribution in [3.05, 3.63) is 59.1 Å². The van der Waals surface area contributed by atoms with Crippen LogP contribution >= 0.6 is 15.9 Å². The fraction of sp³-hybridized carbons (Fsp3) is 0. The van der Waals surface area contributed by atoms with E-state index in [1.54, 1.807) is 23.1 Å². The molecule has 2 aromatic heterocycles. The molecule has 3 rings (SSSR count). The molecule has 0 saturated heterocycles. The number of aromatic amines is 1. The predicted molar refractivity (Wildman–Crippen MR) is 77.8 cm³/mol. The first-order chi connectivity index (χ1) is 9.74. The Bertz CT molecular complexity index is 735. The summed E-state index contributed by atoms with van der Waals surface area (Å²) < 4.78 is 2.61. The summed E-state index contributed by atoms with van der Waals surface area (Å²) in [6.45, 7) is 0. The maximum atomic E-state index is 11.9. The fourth-order valence-corrected chi connectivity index (χ4v) is 2.20. The third-order valence-corrected chi connectivity index (χ3v) is 3.36. The Balaban J connectivity index is 1.81. The van der Waals surface area contributed by atoms with Crippen LogP contribution in [0.3, 0.4) is 0 Å². The minimum Gasteiger partial charge on any atom is -0.318 e. The van der Waals surface area contributed by atoms with Crippen molar-refractivity contribution in [2.45, 2.75) is 0 Å². The highest BCUT2D eigenvalue weighted by atomic mass is 79.9. The Morgan fingerprint density at radius 1 is 1.30 bits per heavy atom. The number of amides is 1. The molecule has 3 aromatic rings. The second-order valence-electron chi connectivity index (χ2n) is 4.05. The third kappa shape index (κ3) is 2.48. The molecule has 6 nitrogen and oxygen atoms in total. The summed E-state index contributed by atoms with van der Waals surface area (Å²) in [5, 5.41) is 13.3. The summed E-state index contributed by atoms with van der Waals surface area (Å²) in [5.74, 6) is -0.255. The molecular formula is C13H10BrN5O. The maximum absolute atomic E-state index is 11.9. The van der Waals surface area contributed by atoms with Crippen LogP contribution in [-0.2, 0) is 0 Å². The third-order valence-electron chi connectivity index (χ3n) is 2.69. The quantitative estimate of drug-likeness (QED) is 0.774. The van der Waals surface area contributed by atoms with Gasteiger partial charge >= 0.3 is 0 Å². The molecule has 2 heterocycles. The van der Waals surface area contributed by atoms with E-state index in [0.29, 0.717) is 11.4 Å². The van der Waals surface area contributed by atoms with Gasteiger partial charge in [-0.25, -0.2) is 4.68 Å². The zero-order chi connectivity index (χ0) is 13.9. The average Bonchev–Trinajstić information content (AvgIpc) is 3.10. The maximum Gasteiger partial charge on any atom is 0.273 e. The van der Waals surface area contributed by atoms with Crippen LogP contribution < -0.4 is 5.32 Å². The van der Waals surface area contributed by atoms with Crippen molar-refractivity contribution < 1.29 is 4.79 Å². The number of benzene rings is 1. The van der Waals surface area contributed by atoms with Crippen LogP contribution in [0, 0.1) is 0 Å². The highest BCUT2D eigenvalue weighted by Gasteiger charge is 2.09. The Labute approximate surface area is 122 Å². The summed E-state index contributed by atoms with van der Waals surface area (Å²) in [4.78, 5) is 11.9. The van der Waals surface area contributed by atoms with Crippen LogP contribution in [0.15, 0.2) is 53.4 Å². The topological polar surface area (TPSA) is 75.6 Å². The number of nitrogens with one attached hydrogen (secondary N) is 2. The van der Waals surface area contributed by atoms with Crippen LogP contribution in [0.5, 0.6) is 0 Å². The van der Waals surface area contributed by atoms with Gasteiger partial charge in [-0.15, -0.1) is 0 Å². The number of para-hydroxylation sites is 1. The number of H-pyrrole nitrogens is 1. The number of rotatable bonds is 3. The van der Waals surface area contributed by atoms with Gasteiger partial charge in [0.15, 0.2) is 0 Å². The first kappa shape index (κ1) is 12.6. The summed E-state index contributed by atoms with van der Waals surface area (Å²) in [6, 6.07) is 9.31. The van der Waals surface area contributed by atoms with Gasteiger partial charge in [0.2, 0.25) is 0 Å². The number of hydrogen-bond acceptors (Lipinski definition) is 3. The van der Waals surface area contributed by atoms with Crippen LogP contribution in [0.4, 0.5) is 5.69 Å². The molecule has 0 unspecified atom stereocenters. The summed E-state index contributed by atoms with van der Waals surface area (Å²) in [5.41, 5.74) is 1.91. The molecule has 1 amide bonds. The zero-order valence-electron chi connectivity index (χ0n) is 10.2. The van der Waals surface area contributed by atoms with Gasteiger partial charge in [0, 0.05) is 10.7 Å². The zero-order valence-corrected chi connectivity index (χ0v) is 11.8. The summed E-state index contributed by atoms with van der Waals surface area (Å²) >= 11 is 3.46. The first-order valence-corrected chi connectivity index (χ1v) is 6.63. The predicted octanol–water partition coefficient (Wildman–Crippen LogP) is 2.61. The van der Waals surface area contributed by atoms with E-state index in [0.717, 1.165) is 10.2 Å². The van der Waals surface area contributed by atoms with Gasteiger partial charge < -0.3 is 5.32 Å². The molecule has 0 aliphatic rings. The average molecular weight is 332 g/mol. The fourth-order valence-electron chi connectivity index (χ4n) is 1.74. The van der Waals surface area contributed by atoms with Crippen molar-refractivity contribution in [2.24, 2.45) is 0 Å². The molecule has 0 saturated carbocycles. The lowest BCUT2D eigenvalue weighted by atomic mass is 10.3. The van der Waals surface area contributed by atoms with Crippen LogP contribution in [-0.4, -0.2) is 25.9 Å². The van der Waals surface area contributed by atoms with E-state index in [1.807, 2.05) is 24.3 Å². The van der Waals surface area contributed by atoms with Crippen molar-refractivity contribution in [3.8, 4) is 5.69 Å². The van der Waals surface area contributed by atoms with Gasteiger partial charge in [0.25, 0.3) is 5.91 Å². The second-order valence-corrected chi connectivity index (χ2v) is 4.90. The van der Waals surface area contributed by atoms with E-state index < -0.39 is 0 Å². The first-order valence-electron chi connectivity index (χ1n) is 5.84. The molecular weight excluding hydrogens is 322 g/mol. The minimum atomic E-state index is -0.255. The van der Waals surface area contributed by atoms with Gasteiger partial charge in [-0.3, -0.25) is 9.89 Å². The van der Waals surface area contributed by atoms with E-state index in [9.17, 15) is 4.79 Å². The van der Waals surface area contributed by atoms with E-state index in [4.69, 9.17) is 0 Å². The monoisotopic (exact) mass is 331 g/mol. The highest BCUT2D eigenvalue weighted by molar-refractivity contribution is 9.10. The molecule has 20 heavy (non-hydrogen) atoms. The number of carbonyl (C=O) groups excluding carboxylic acids is 1. The molecule has 0 bridgehead atoms. The Kier molecular flexibility index (Phi) is 3.34. The number of carbonyl (C=O) groups is 1. The van der Waals surface area contributed by atoms with Crippen molar-refractivity contribution in [1.29, 1.82) is 0 Å². The molecule has 0 aliphatic heterocycles. The summed E-state index contributed by atoms with van der Waals surface area (Å²) in [6.07, 6.45) is 4.86. The highest BCUT2D eigenvalue weighted by Crippen LogP contribution is 2.21. The minimum absolute atomic E-state index is 0.255. The van der Waals surface area contributed by atoms with E-state index in [1.165, 1.54) is 6.20 Å². The second kappa shape index (κ2) is 5.30. The normalized spacial score (nSPS) is 10.4. The van der Waals surface area contributed by atoms with Crippen molar-refractivity contribution in [3.63, 3.8) is 0 Å². The van der Waals surface area contributed by atoms with Crippen LogP contribution in [0.25, 0.3) is 5.69 Å². The molecule has 100 valence electrons. The van der Waals surface area contributed by atoms with E-state index >= 15 is 0 Å². The number of nitrogens with zero attached hydrogens (tertiary/aromatic N) is 3. The molecule has 2 N–H and O–H groups in total. The van der Waals surface area contributed by atoms with Gasteiger partial charge in [0.1, 0.15) is 5.69 Å². The Hall–Kier alpha value is -2.41. The smallest absolute Gasteiger partial charge is 0.273 e. The standard InChI is InChI=1S/C13H10BrN5O/c14-10-3-1-2-4-12(10)19-8-9(7-16-19)17-13(20)11-5-6-15-18-11/h1-8H,(H,15,18)(H,17,20). The molecule has 0 fully saturated rings. The van der Waals surface area contributed by atoms with Crippen LogP contribution in [0.1, 0.15) is 10.5 Å². The molecule has 0 radical (unpaired) electrons. The molecule has 0 atom stereocenters. The molecule has 0 aliphatic carbocycles.